The molecule has 146 valence electrons. The molecule has 26 heavy (non-hydrogen) atoms. The van der Waals surface area contributed by atoms with Crippen LogP contribution in [0, 0.1) is 0 Å². The summed E-state index contributed by atoms with van der Waals surface area (Å²) in [5, 5.41) is 8.98. The van der Waals surface area contributed by atoms with Crippen molar-refractivity contribution in [2.75, 3.05) is 40.4 Å². The van der Waals surface area contributed by atoms with Crippen LogP contribution in [0.4, 0.5) is 0 Å². The first-order valence-corrected chi connectivity index (χ1v) is 8.44. The van der Waals surface area contributed by atoms with Crippen LogP contribution >= 0.6 is 12.4 Å². The molecule has 7 nitrogen and oxygen atoms in total. The molecule has 0 saturated carbocycles. The highest BCUT2D eigenvalue weighted by Crippen LogP contribution is 2.33. The van der Waals surface area contributed by atoms with Crippen LogP contribution in [0.1, 0.15) is 24.5 Å². The lowest BCUT2D eigenvalue weighted by Gasteiger charge is -2.31. The minimum Gasteiger partial charge on any atom is -0.493 e. The van der Waals surface area contributed by atoms with Crippen LogP contribution in [-0.4, -0.2) is 67.2 Å². The predicted molar refractivity (Wildman–Crippen MR) is 100 cm³/mol. The number of benzene rings is 1. The number of hydrogen-bond acceptors (Lipinski definition) is 5. The number of halogens is 1. The van der Waals surface area contributed by atoms with E-state index >= 15 is 0 Å². The summed E-state index contributed by atoms with van der Waals surface area (Å²) in [4.78, 5) is 27.0. The van der Waals surface area contributed by atoms with Crippen molar-refractivity contribution in [3.8, 4) is 11.5 Å². The van der Waals surface area contributed by atoms with E-state index < -0.39 is 5.97 Å². The maximum atomic E-state index is 12.6. The van der Waals surface area contributed by atoms with Crippen molar-refractivity contribution in [3.05, 3.63) is 23.3 Å². The number of carboxylic acid groups (broad SMARTS) is 1. The topological polar surface area (TPSA) is 79.3 Å². The fourth-order valence-corrected chi connectivity index (χ4v) is 3.11. The van der Waals surface area contributed by atoms with Crippen LogP contribution < -0.4 is 9.47 Å². The van der Waals surface area contributed by atoms with E-state index in [1.54, 1.807) is 24.0 Å². The number of aliphatic carboxylic acids is 1. The van der Waals surface area contributed by atoms with Crippen LogP contribution in [0.15, 0.2) is 12.1 Å². The molecular formula is C18H27ClN2O5. The van der Waals surface area contributed by atoms with Crippen LogP contribution in [-0.2, 0) is 22.6 Å². The van der Waals surface area contributed by atoms with Gasteiger partial charge in [0.25, 0.3) is 0 Å². The summed E-state index contributed by atoms with van der Waals surface area (Å²) in [5.41, 5.74) is 2.19. The molecule has 1 aliphatic heterocycles. The summed E-state index contributed by atoms with van der Waals surface area (Å²) in [6, 6.07) is 3.87. The first-order chi connectivity index (χ1) is 12.0. The van der Waals surface area contributed by atoms with Gasteiger partial charge >= 0.3 is 5.97 Å². The quantitative estimate of drug-likeness (QED) is 0.734. The Morgan fingerprint density at radius 2 is 1.77 bits per heavy atom. The number of carbonyl (C=O) groups is 2. The highest BCUT2D eigenvalue weighted by atomic mass is 35.5. The third-order valence-corrected chi connectivity index (χ3v) is 4.33. The number of methoxy groups -OCH3 is 2. The summed E-state index contributed by atoms with van der Waals surface area (Å²) in [7, 11) is 3.19. The van der Waals surface area contributed by atoms with E-state index in [4.69, 9.17) is 14.6 Å². The number of nitrogens with zero attached hydrogens (tertiary/aromatic N) is 2. The van der Waals surface area contributed by atoms with Gasteiger partial charge in [0.1, 0.15) is 0 Å². The summed E-state index contributed by atoms with van der Waals surface area (Å²) < 4.78 is 10.7. The Morgan fingerprint density at radius 1 is 1.15 bits per heavy atom. The van der Waals surface area contributed by atoms with Crippen molar-refractivity contribution in [3.63, 3.8) is 0 Å². The molecule has 0 spiro atoms. The summed E-state index contributed by atoms with van der Waals surface area (Å²) in [6.07, 6.45) is 1.55. The van der Waals surface area contributed by atoms with E-state index in [1.807, 2.05) is 19.1 Å². The van der Waals surface area contributed by atoms with Gasteiger partial charge in [-0.05, 0) is 42.6 Å². The Morgan fingerprint density at radius 3 is 2.31 bits per heavy atom. The highest BCUT2D eigenvalue weighted by molar-refractivity contribution is 5.85. The fraction of sp³-hybridized carbons (Fsp3) is 0.556. The van der Waals surface area contributed by atoms with E-state index in [-0.39, 0.29) is 31.4 Å². The molecular weight excluding hydrogens is 360 g/mol. The van der Waals surface area contributed by atoms with Gasteiger partial charge in [-0.15, -0.1) is 12.4 Å². The maximum Gasteiger partial charge on any atom is 0.317 e. The summed E-state index contributed by atoms with van der Waals surface area (Å²) in [6.45, 7) is 3.69. The minimum atomic E-state index is -0.915. The first-order valence-electron chi connectivity index (χ1n) is 8.44. The smallest absolute Gasteiger partial charge is 0.317 e. The van der Waals surface area contributed by atoms with E-state index in [0.717, 1.165) is 24.0 Å². The third kappa shape index (κ3) is 5.51. The number of carboxylic acids is 1. The Balaban J connectivity index is 0.00000338. The molecule has 8 heteroatoms. The fourth-order valence-electron chi connectivity index (χ4n) is 3.11. The molecule has 1 heterocycles. The van der Waals surface area contributed by atoms with Gasteiger partial charge in [0.2, 0.25) is 5.91 Å². The van der Waals surface area contributed by atoms with Gasteiger partial charge in [0.05, 0.1) is 27.3 Å². The molecule has 0 radical (unpaired) electrons. The molecule has 1 aromatic rings. The lowest BCUT2D eigenvalue weighted by atomic mass is 9.98. The molecule has 0 aromatic heterocycles. The van der Waals surface area contributed by atoms with Crippen LogP contribution in [0.25, 0.3) is 0 Å². The van der Waals surface area contributed by atoms with Crippen molar-refractivity contribution in [2.24, 2.45) is 0 Å². The average molecular weight is 387 g/mol. The molecule has 1 aliphatic rings. The predicted octanol–water partition coefficient (Wildman–Crippen LogP) is 1.81. The van der Waals surface area contributed by atoms with Crippen molar-refractivity contribution in [2.45, 2.75) is 26.3 Å². The summed E-state index contributed by atoms with van der Waals surface area (Å²) in [5.74, 6) is 0.378. The van der Waals surface area contributed by atoms with Crippen molar-refractivity contribution >= 4 is 24.3 Å². The molecule has 0 bridgehead atoms. The van der Waals surface area contributed by atoms with Gasteiger partial charge in [-0.2, -0.15) is 0 Å². The van der Waals surface area contributed by atoms with Crippen molar-refractivity contribution in [1.82, 2.24) is 9.80 Å². The minimum absolute atomic E-state index is 0. The second-order valence-corrected chi connectivity index (χ2v) is 6.15. The summed E-state index contributed by atoms with van der Waals surface area (Å²) >= 11 is 0. The second-order valence-electron chi connectivity index (χ2n) is 6.15. The van der Waals surface area contributed by atoms with Crippen LogP contribution in [0.5, 0.6) is 11.5 Å². The van der Waals surface area contributed by atoms with Gasteiger partial charge in [0.15, 0.2) is 11.5 Å². The Hall–Kier alpha value is -1.99. The zero-order valence-electron chi connectivity index (χ0n) is 15.5. The van der Waals surface area contributed by atoms with Gasteiger partial charge in [-0.3, -0.25) is 14.5 Å². The maximum absolute atomic E-state index is 12.6. The van der Waals surface area contributed by atoms with E-state index in [2.05, 4.69) is 0 Å². The first kappa shape index (κ1) is 22.1. The second kappa shape index (κ2) is 10.2. The average Bonchev–Trinajstić information content (AvgIpc) is 2.59. The number of amides is 1. The lowest BCUT2D eigenvalue weighted by Crippen LogP contribution is -2.44. The molecule has 1 amide bonds. The number of hydrogen-bond donors (Lipinski definition) is 1. The van der Waals surface area contributed by atoms with E-state index in [9.17, 15) is 9.59 Å². The van der Waals surface area contributed by atoms with Gasteiger partial charge in [-0.1, -0.05) is 6.92 Å². The Bertz CT molecular complexity index is 638. The number of fused-ring (bicyclic) bond motifs is 1. The molecule has 1 N–H and O–H groups in total. The van der Waals surface area contributed by atoms with Gasteiger partial charge < -0.3 is 19.5 Å². The largest absolute Gasteiger partial charge is 0.493 e. The molecule has 0 aliphatic carbocycles. The Kier molecular flexibility index (Phi) is 8.68. The van der Waals surface area contributed by atoms with E-state index in [1.165, 1.54) is 0 Å². The van der Waals surface area contributed by atoms with Crippen LogP contribution in [0.3, 0.4) is 0 Å². The van der Waals surface area contributed by atoms with Crippen molar-refractivity contribution in [1.29, 1.82) is 0 Å². The SMILES string of the molecule is CCCN(CC(=O)O)CC(=O)N1CCc2cc(OC)c(OC)cc2C1.Cl. The molecule has 0 fully saturated rings. The van der Waals surface area contributed by atoms with Crippen LogP contribution in [0.2, 0.25) is 0 Å². The molecule has 2 rings (SSSR count). The zero-order chi connectivity index (χ0) is 18.4. The van der Waals surface area contributed by atoms with E-state index in [0.29, 0.717) is 31.1 Å². The molecule has 0 atom stereocenters. The lowest BCUT2D eigenvalue weighted by molar-refractivity contribution is -0.140. The van der Waals surface area contributed by atoms with Gasteiger partial charge in [-0.25, -0.2) is 0 Å². The molecule has 0 saturated heterocycles. The van der Waals surface area contributed by atoms with Crippen molar-refractivity contribution < 1.29 is 24.2 Å². The Labute approximate surface area is 160 Å². The standard InChI is InChI=1S/C18H26N2O5.ClH/c1-4-6-19(12-18(22)23)11-17(21)20-7-5-13-8-15(24-2)16(25-3)9-14(13)10-20;/h8-9H,4-7,10-12H2,1-3H3,(H,22,23);1H. The van der Waals surface area contributed by atoms with Gasteiger partial charge in [0, 0.05) is 13.1 Å². The molecule has 1 aromatic carbocycles. The highest BCUT2D eigenvalue weighted by Gasteiger charge is 2.24. The molecule has 0 unspecified atom stereocenters. The normalized spacial score (nSPS) is 13.0. The monoisotopic (exact) mass is 386 g/mol. The third-order valence-electron chi connectivity index (χ3n) is 4.33. The number of ether oxygens (including phenoxy) is 2. The zero-order valence-corrected chi connectivity index (χ0v) is 16.3. The number of carbonyl (C=O) groups excluding carboxylic acids is 1. The number of rotatable bonds is 8.